The van der Waals surface area contributed by atoms with Crippen molar-refractivity contribution in [1.29, 1.82) is 5.26 Å². The molecule has 36 heavy (non-hydrogen) atoms. The van der Waals surface area contributed by atoms with Gasteiger partial charge in [0.25, 0.3) is 5.91 Å². The summed E-state index contributed by atoms with van der Waals surface area (Å²) in [6.45, 7) is 1.01. The van der Waals surface area contributed by atoms with E-state index in [1.807, 2.05) is 54.7 Å². The number of methoxy groups -OCH3 is 1. The van der Waals surface area contributed by atoms with Crippen LogP contribution >= 0.6 is 0 Å². The summed E-state index contributed by atoms with van der Waals surface area (Å²) in [6, 6.07) is 32.3. The highest BCUT2D eigenvalue weighted by atomic mass is 16.5. The van der Waals surface area contributed by atoms with Gasteiger partial charge >= 0.3 is 0 Å². The molecule has 0 aliphatic carbocycles. The third-order valence-corrected chi connectivity index (χ3v) is 6.32. The minimum atomic E-state index is -0.404. The van der Waals surface area contributed by atoms with E-state index in [1.54, 1.807) is 13.2 Å². The van der Waals surface area contributed by atoms with Crippen LogP contribution in [0.25, 0.3) is 27.8 Å². The smallest absolute Gasteiger partial charge is 0.262 e. The number of para-hydroxylation sites is 1. The Hall–Kier alpha value is -4.82. The Morgan fingerprint density at radius 2 is 1.67 bits per heavy atom. The quantitative estimate of drug-likeness (QED) is 0.231. The van der Waals surface area contributed by atoms with Crippen LogP contribution in [-0.2, 0) is 17.9 Å². The zero-order chi connectivity index (χ0) is 24.9. The number of rotatable bonds is 7. The lowest BCUT2D eigenvalue weighted by Gasteiger charge is -2.09. The number of nitrogens with one attached hydrogen (secondary N) is 1. The molecule has 0 aliphatic rings. The van der Waals surface area contributed by atoms with Crippen LogP contribution in [0.5, 0.6) is 5.75 Å². The Balaban J connectivity index is 1.43. The van der Waals surface area contributed by atoms with E-state index >= 15 is 0 Å². The summed E-state index contributed by atoms with van der Waals surface area (Å²) < 4.78 is 7.34. The molecule has 5 rings (SSSR count). The zero-order valence-electron chi connectivity index (χ0n) is 19.9. The van der Waals surface area contributed by atoms with Gasteiger partial charge in [-0.1, -0.05) is 72.8 Å². The maximum Gasteiger partial charge on any atom is 0.262 e. The lowest BCUT2D eigenvalue weighted by atomic mass is 10.0. The maximum absolute atomic E-state index is 12.8. The van der Waals surface area contributed by atoms with Crippen molar-refractivity contribution in [3.63, 3.8) is 0 Å². The van der Waals surface area contributed by atoms with Crippen molar-refractivity contribution in [2.75, 3.05) is 7.11 Å². The Kier molecular flexibility index (Phi) is 6.51. The molecule has 0 atom stereocenters. The van der Waals surface area contributed by atoms with E-state index in [1.165, 1.54) is 16.3 Å². The van der Waals surface area contributed by atoms with E-state index in [9.17, 15) is 10.1 Å². The van der Waals surface area contributed by atoms with Crippen LogP contribution in [0.1, 0.15) is 16.7 Å². The van der Waals surface area contributed by atoms with Crippen molar-refractivity contribution in [2.45, 2.75) is 13.1 Å². The standard InChI is InChI=1S/C31H25N3O2/c1-36-27-15-13-22(14-16-27)19-33-31(35)25(18-32)17-26-21-34(30-12-5-4-11-29(26)30)20-24-9-6-8-23-7-2-3-10-28(23)24/h2-17,21H,19-20H2,1H3,(H,33,35)/b25-17-. The Bertz CT molecular complexity index is 1620. The maximum atomic E-state index is 12.8. The number of fused-ring (bicyclic) bond motifs is 2. The summed E-state index contributed by atoms with van der Waals surface area (Å²) in [5.41, 5.74) is 4.08. The fourth-order valence-electron chi connectivity index (χ4n) is 4.46. The molecule has 5 heteroatoms. The van der Waals surface area contributed by atoms with Gasteiger partial charge in [0.15, 0.2) is 0 Å². The second kappa shape index (κ2) is 10.2. The summed E-state index contributed by atoms with van der Waals surface area (Å²) in [4.78, 5) is 12.8. The summed E-state index contributed by atoms with van der Waals surface area (Å²) in [6.07, 6.45) is 3.69. The first-order chi connectivity index (χ1) is 17.7. The van der Waals surface area contributed by atoms with Gasteiger partial charge < -0.3 is 14.6 Å². The molecule has 5 aromatic rings. The second-order valence-electron chi connectivity index (χ2n) is 8.57. The van der Waals surface area contributed by atoms with Crippen LogP contribution < -0.4 is 10.1 Å². The lowest BCUT2D eigenvalue weighted by Crippen LogP contribution is -2.23. The minimum absolute atomic E-state index is 0.0663. The topological polar surface area (TPSA) is 67.0 Å². The highest BCUT2D eigenvalue weighted by Gasteiger charge is 2.13. The van der Waals surface area contributed by atoms with Crippen LogP contribution in [0.2, 0.25) is 0 Å². The molecule has 4 aromatic carbocycles. The highest BCUT2D eigenvalue weighted by Crippen LogP contribution is 2.26. The summed E-state index contributed by atoms with van der Waals surface area (Å²) in [7, 11) is 1.61. The van der Waals surface area contributed by atoms with Gasteiger partial charge in [-0.3, -0.25) is 4.79 Å². The fraction of sp³-hybridized carbons (Fsp3) is 0.0968. The van der Waals surface area contributed by atoms with Crippen LogP contribution in [0, 0.1) is 11.3 Å². The van der Waals surface area contributed by atoms with Crippen molar-refractivity contribution in [3.05, 3.63) is 119 Å². The molecule has 176 valence electrons. The molecule has 1 amide bonds. The van der Waals surface area contributed by atoms with E-state index in [4.69, 9.17) is 4.74 Å². The molecule has 0 aliphatic heterocycles. The molecule has 0 saturated heterocycles. The van der Waals surface area contributed by atoms with Crippen LogP contribution in [0.15, 0.2) is 103 Å². The molecule has 0 spiro atoms. The number of hydrogen-bond donors (Lipinski definition) is 1. The van der Waals surface area contributed by atoms with Crippen LogP contribution in [0.4, 0.5) is 0 Å². The third-order valence-electron chi connectivity index (χ3n) is 6.32. The molecular formula is C31H25N3O2. The Morgan fingerprint density at radius 1 is 0.944 bits per heavy atom. The van der Waals surface area contributed by atoms with Crippen molar-refractivity contribution >= 4 is 33.7 Å². The number of carbonyl (C=O) groups excluding carboxylic acids is 1. The summed E-state index contributed by atoms with van der Waals surface area (Å²) in [5, 5.41) is 16.0. The van der Waals surface area contributed by atoms with E-state index in [2.05, 4.69) is 58.4 Å². The number of hydrogen-bond acceptors (Lipinski definition) is 3. The SMILES string of the molecule is COc1ccc(CNC(=O)/C(C#N)=C\c2cn(Cc3cccc4ccccc34)c3ccccc23)cc1. The number of nitrogens with zero attached hydrogens (tertiary/aromatic N) is 2. The van der Waals surface area contributed by atoms with Gasteiger partial charge in [0.05, 0.1) is 7.11 Å². The van der Waals surface area contributed by atoms with E-state index in [0.717, 1.165) is 27.8 Å². The number of nitriles is 1. The molecular weight excluding hydrogens is 446 g/mol. The Morgan fingerprint density at radius 3 is 2.44 bits per heavy atom. The molecule has 1 aromatic heterocycles. The van der Waals surface area contributed by atoms with Crippen LogP contribution in [0.3, 0.4) is 0 Å². The third kappa shape index (κ3) is 4.70. The monoisotopic (exact) mass is 471 g/mol. The van der Waals surface area contributed by atoms with E-state index in [-0.39, 0.29) is 5.57 Å². The number of aromatic nitrogens is 1. The largest absolute Gasteiger partial charge is 0.497 e. The molecule has 0 fully saturated rings. The molecule has 0 radical (unpaired) electrons. The molecule has 5 nitrogen and oxygen atoms in total. The normalized spacial score (nSPS) is 11.4. The van der Waals surface area contributed by atoms with Gasteiger partial charge in [-0.25, -0.2) is 0 Å². The minimum Gasteiger partial charge on any atom is -0.497 e. The predicted octanol–water partition coefficient (Wildman–Crippen LogP) is 6.07. The van der Waals surface area contributed by atoms with Gasteiger partial charge in [-0.05, 0) is 46.2 Å². The van der Waals surface area contributed by atoms with Gasteiger partial charge in [-0.15, -0.1) is 0 Å². The number of benzene rings is 4. The first-order valence-electron chi connectivity index (χ1n) is 11.7. The zero-order valence-corrected chi connectivity index (χ0v) is 19.9. The predicted molar refractivity (Wildman–Crippen MR) is 143 cm³/mol. The fourth-order valence-corrected chi connectivity index (χ4v) is 4.46. The van der Waals surface area contributed by atoms with E-state index < -0.39 is 5.91 Å². The highest BCUT2D eigenvalue weighted by molar-refractivity contribution is 6.04. The Labute approximate surface area is 209 Å². The number of ether oxygens (including phenoxy) is 1. The average Bonchev–Trinajstić information content (AvgIpc) is 3.27. The van der Waals surface area contributed by atoms with Gasteiger partial charge in [0.2, 0.25) is 0 Å². The van der Waals surface area contributed by atoms with Gasteiger partial charge in [0.1, 0.15) is 17.4 Å². The molecule has 1 N–H and O–H groups in total. The van der Waals surface area contributed by atoms with Crippen molar-refractivity contribution < 1.29 is 9.53 Å². The molecule has 0 unspecified atom stereocenters. The average molecular weight is 472 g/mol. The molecule has 0 bridgehead atoms. The van der Waals surface area contributed by atoms with Crippen molar-refractivity contribution in [1.82, 2.24) is 9.88 Å². The van der Waals surface area contributed by atoms with Crippen molar-refractivity contribution in [2.24, 2.45) is 0 Å². The number of carbonyl (C=O) groups is 1. The number of amides is 1. The second-order valence-corrected chi connectivity index (χ2v) is 8.57. The molecule has 0 saturated carbocycles. The van der Waals surface area contributed by atoms with Gasteiger partial charge in [0, 0.05) is 35.8 Å². The first-order valence-corrected chi connectivity index (χ1v) is 11.7. The summed E-state index contributed by atoms with van der Waals surface area (Å²) in [5.74, 6) is 0.349. The van der Waals surface area contributed by atoms with Gasteiger partial charge in [-0.2, -0.15) is 5.26 Å². The first kappa shape index (κ1) is 22.9. The van der Waals surface area contributed by atoms with E-state index in [0.29, 0.717) is 13.1 Å². The van der Waals surface area contributed by atoms with Crippen molar-refractivity contribution in [3.8, 4) is 11.8 Å². The summed E-state index contributed by atoms with van der Waals surface area (Å²) >= 11 is 0. The lowest BCUT2D eigenvalue weighted by molar-refractivity contribution is -0.117. The van der Waals surface area contributed by atoms with Crippen LogP contribution in [-0.4, -0.2) is 17.6 Å². The molecule has 1 heterocycles.